The normalized spacial score (nSPS) is 19.1. The van der Waals surface area contributed by atoms with Crippen molar-refractivity contribution in [3.63, 3.8) is 0 Å². The number of nitrogens with zero attached hydrogens (tertiary/aromatic N) is 4. The lowest BCUT2D eigenvalue weighted by Crippen LogP contribution is -2.37. The Morgan fingerprint density at radius 3 is 2.79 bits per heavy atom. The third kappa shape index (κ3) is 6.20. The van der Waals surface area contributed by atoms with E-state index >= 15 is 0 Å². The molecule has 1 aromatic rings. The molecule has 2 aliphatic heterocycles. The predicted octanol–water partition coefficient (Wildman–Crippen LogP) is 1.95. The molecule has 0 aliphatic carbocycles. The van der Waals surface area contributed by atoms with Crippen LogP contribution in [-0.2, 0) is 23.9 Å². The van der Waals surface area contributed by atoms with Gasteiger partial charge in [0.15, 0.2) is 5.17 Å². The molecule has 2 fully saturated rings. The Hall–Kier alpha value is -3.65. The zero-order chi connectivity index (χ0) is 23.8. The summed E-state index contributed by atoms with van der Waals surface area (Å²) in [6, 6.07) is 7.59. The van der Waals surface area contributed by atoms with Crippen molar-refractivity contribution in [2.75, 3.05) is 31.7 Å². The van der Waals surface area contributed by atoms with Crippen molar-refractivity contribution in [1.29, 1.82) is 5.26 Å². The highest BCUT2D eigenvalue weighted by Crippen LogP contribution is 2.27. The molecule has 1 N–H and O–H groups in total. The number of rotatable bonds is 6. The van der Waals surface area contributed by atoms with Gasteiger partial charge in [0.05, 0.1) is 42.0 Å². The number of anilines is 1. The number of nitrogens with one attached hydrogen (secondary N) is 1. The minimum Gasteiger partial charge on any atom is -0.466 e. The molecule has 0 unspecified atom stereocenters. The van der Waals surface area contributed by atoms with Crippen LogP contribution in [0.4, 0.5) is 5.69 Å². The Bertz CT molecular complexity index is 1070. The fraction of sp³-hybridized carbons (Fsp3) is 0.364. The minimum absolute atomic E-state index is 0.103. The van der Waals surface area contributed by atoms with Gasteiger partial charge in [-0.3, -0.25) is 14.9 Å². The minimum atomic E-state index is -0.633. The molecule has 2 aliphatic rings. The molecular weight excluding hydrogens is 446 g/mol. The quantitative estimate of drug-likeness (QED) is 0.289. The number of hydrogen-bond acceptors (Lipinski definition) is 10. The topological polar surface area (TPSA) is 133 Å². The van der Waals surface area contributed by atoms with Crippen LogP contribution < -0.4 is 10.2 Å². The van der Waals surface area contributed by atoms with Crippen molar-refractivity contribution in [1.82, 2.24) is 5.32 Å². The number of thioether (sulfide) groups is 1. The number of carbonyl (C=O) groups is 3. The van der Waals surface area contributed by atoms with Gasteiger partial charge in [-0.05, 0) is 49.2 Å². The molecule has 0 aromatic heterocycles. The average molecular weight is 470 g/mol. The number of amidine groups is 1. The first-order valence-electron chi connectivity index (χ1n) is 10.3. The second-order valence-corrected chi connectivity index (χ2v) is 8.17. The molecule has 33 heavy (non-hydrogen) atoms. The third-order valence-electron chi connectivity index (χ3n) is 5.05. The van der Waals surface area contributed by atoms with Gasteiger partial charge in [0.2, 0.25) is 0 Å². The fourth-order valence-electron chi connectivity index (χ4n) is 3.40. The molecule has 2 saturated heterocycles. The monoisotopic (exact) mass is 469 g/mol. The van der Waals surface area contributed by atoms with Crippen molar-refractivity contribution in [3.05, 3.63) is 40.3 Å². The smallest absolute Gasteiger partial charge is 0.331 e. The van der Waals surface area contributed by atoms with Gasteiger partial charge in [-0.1, -0.05) is 6.07 Å². The Morgan fingerprint density at radius 1 is 1.36 bits per heavy atom. The van der Waals surface area contributed by atoms with Crippen LogP contribution in [-0.4, -0.2) is 56.0 Å². The van der Waals surface area contributed by atoms with E-state index < -0.39 is 11.9 Å². The SMILES string of the molecule is CCOC(=O)C1CCN(c2ccc(C=N/N=C3/NC(=O)/C(=C\C(=O)OC)S3)cc2C#N)CC1. The lowest BCUT2D eigenvalue weighted by atomic mass is 9.96. The van der Waals surface area contributed by atoms with Gasteiger partial charge in [0.25, 0.3) is 5.91 Å². The van der Waals surface area contributed by atoms with Gasteiger partial charge in [-0.15, -0.1) is 5.10 Å². The molecule has 1 amide bonds. The molecule has 1 aromatic carbocycles. The number of ether oxygens (including phenoxy) is 2. The van der Waals surface area contributed by atoms with E-state index in [9.17, 15) is 19.6 Å². The van der Waals surface area contributed by atoms with Crippen LogP contribution in [0.1, 0.15) is 30.9 Å². The van der Waals surface area contributed by atoms with E-state index in [0.29, 0.717) is 43.7 Å². The number of esters is 2. The van der Waals surface area contributed by atoms with Crippen LogP contribution in [0.3, 0.4) is 0 Å². The number of benzene rings is 1. The summed E-state index contributed by atoms with van der Waals surface area (Å²) in [7, 11) is 1.22. The van der Waals surface area contributed by atoms with Gasteiger partial charge in [0, 0.05) is 19.2 Å². The predicted molar refractivity (Wildman–Crippen MR) is 124 cm³/mol. The second-order valence-electron chi connectivity index (χ2n) is 7.14. The van der Waals surface area contributed by atoms with Crippen LogP contribution in [0.25, 0.3) is 0 Å². The molecular formula is C22H23N5O5S. The average Bonchev–Trinajstić information content (AvgIpc) is 3.17. The molecule has 0 atom stereocenters. The van der Waals surface area contributed by atoms with Crippen molar-refractivity contribution in [2.45, 2.75) is 19.8 Å². The number of piperidine rings is 1. The van der Waals surface area contributed by atoms with Crippen LogP contribution in [0.15, 0.2) is 39.4 Å². The van der Waals surface area contributed by atoms with Gasteiger partial charge < -0.3 is 14.4 Å². The number of nitriles is 1. The van der Waals surface area contributed by atoms with E-state index in [4.69, 9.17) is 4.74 Å². The summed E-state index contributed by atoms with van der Waals surface area (Å²) in [5, 5.41) is 20.3. The van der Waals surface area contributed by atoms with E-state index in [-0.39, 0.29) is 22.0 Å². The molecule has 0 bridgehead atoms. The fourth-order valence-corrected chi connectivity index (χ4v) is 4.14. The maximum Gasteiger partial charge on any atom is 0.331 e. The molecule has 0 saturated carbocycles. The van der Waals surface area contributed by atoms with Crippen LogP contribution >= 0.6 is 11.8 Å². The van der Waals surface area contributed by atoms with Crippen LogP contribution in [0.2, 0.25) is 0 Å². The van der Waals surface area contributed by atoms with E-state index in [1.54, 1.807) is 13.0 Å². The summed E-state index contributed by atoms with van der Waals surface area (Å²) >= 11 is 0.976. The summed E-state index contributed by atoms with van der Waals surface area (Å²) in [5.74, 6) is -1.35. The van der Waals surface area contributed by atoms with E-state index in [1.165, 1.54) is 13.3 Å². The highest BCUT2D eigenvalue weighted by molar-refractivity contribution is 8.18. The second kappa shape index (κ2) is 11.3. The van der Waals surface area contributed by atoms with Gasteiger partial charge in [0.1, 0.15) is 6.07 Å². The Morgan fingerprint density at radius 2 is 2.12 bits per heavy atom. The maximum absolute atomic E-state index is 11.9. The lowest BCUT2D eigenvalue weighted by molar-refractivity contribution is -0.148. The van der Waals surface area contributed by atoms with Crippen molar-refractivity contribution in [2.24, 2.45) is 16.1 Å². The number of carbonyl (C=O) groups excluding carboxylic acids is 3. The molecule has 0 radical (unpaired) electrons. The van der Waals surface area contributed by atoms with E-state index in [2.05, 4.69) is 31.2 Å². The highest BCUT2D eigenvalue weighted by Gasteiger charge is 2.27. The molecule has 3 rings (SSSR count). The standard InChI is InChI=1S/C22H23N5O5S/c1-3-32-21(30)15-6-8-27(9-7-15)17-5-4-14(10-16(17)12-23)13-24-26-22-25-20(29)18(33-22)11-19(28)31-2/h4-5,10-11,13,15H,3,6-9H2,1-2H3,(H,25,26,29)/b18-11+,24-13?. The first kappa shape index (κ1) is 24.0. The Labute approximate surface area is 195 Å². The number of hydrogen-bond donors (Lipinski definition) is 1. The summed E-state index contributed by atoms with van der Waals surface area (Å²) in [6.45, 7) is 3.50. The van der Waals surface area contributed by atoms with Crippen LogP contribution in [0.5, 0.6) is 0 Å². The maximum atomic E-state index is 11.9. The highest BCUT2D eigenvalue weighted by atomic mass is 32.2. The third-order valence-corrected chi connectivity index (χ3v) is 5.95. The zero-order valence-corrected chi connectivity index (χ0v) is 19.1. The zero-order valence-electron chi connectivity index (χ0n) is 18.2. The largest absolute Gasteiger partial charge is 0.466 e. The summed E-state index contributed by atoms with van der Waals surface area (Å²) in [6.07, 6.45) is 3.92. The Balaban J connectivity index is 1.64. The molecule has 0 spiro atoms. The molecule has 2 heterocycles. The first-order valence-corrected chi connectivity index (χ1v) is 11.1. The first-order chi connectivity index (χ1) is 15.9. The van der Waals surface area contributed by atoms with Gasteiger partial charge in [-0.2, -0.15) is 10.4 Å². The molecule has 11 heteroatoms. The lowest BCUT2D eigenvalue weighted by Gasteiger charge is -2.33. The van der Waals surface area contributed by atoms with Crippen molar-refractivity contribution in [3.8, 4) is 6.07 Å². The summed E-state index contributed by atoms with van der Waals surface area (Å²) in [5.41, 5.74) is 1.97. The van der Waals surface area contributed by atoms with E-state index in [0.717, 1.165) is 23.5 Å². The van der Waals surface area contributed by atoms with Crippen molar-refractivity contribution < 1.29 is 23.9 Å². The number of methoxy groups -OCH3 is 1. The molecule has 10 nitrogen and oxygen atoms in total. The van der Waals surface area contributed by atoms with Gasteiger partial charge >= 0.3 is 11.9 Å². The summed E-state index contributed by atoms with van der Waals surface area (Å²) in [4.78, 5) is 37.3. The van der Waals surface area contributed by atoms with E-state index in [1.807, 2.05) is 12.1 Å². The Kier molecular flexibility index (Phi) is 8.21. The van der Waals surface area contributed by atoms with Gasteiger partial charge in [-0.25, -0.2) is 4.79 Å². The van der Waals surface area contributed by atoms with Crippen molar-refractivity contribution >= 4 is 46.7 Å². The number of amides is 1. The summed E-state index contributed by atoms with van der Waals surface area (Å²) < 4.78 is 9.61. The van der Waals surface area contributed by atoms with Crippen LogP contribution in [0, 0.1) is 17.2 Å². The molecule has 172 valence electrons.